The number of carbonyl (C=O) groups excluding carboxylic acids is 1. The molecule has 0 aromatic heterocycles. The Morgan fingerprint density at radius 1 is 1.27 bits per heavy atom. The van der Waals surface area contributed by atoms with Crippen molar-refractivity contribution in [3.8, 4) is 0 Å². The van der Waals surface area contributed by atoms with Crippen molar-refractivity contribution in [1.82, 2.24) is 9.80 Å². The molecule has 0 spiro atoms. The Bertz CT molecular complexity index is 221. The van der Waals surface area contributed by atoms with Crippen molar-refractivity contribution in [3.05, 3.63) is 0 Å². The standard InChI is InChI=1S/C11H20N2O2/c1-15-9-8-12-4-6-13(7-5-12)11(14)10-2-3-10/h10H,2-9H2,1H3. The number of methoxy groups -OCH3 is 1. The summed E-state index contributed by atoms with van der Waals surface area (Å²) in [4.78, 5) is 16.2. The second-order valence-corrected chi connectivity index (χ2v) is 4.43. The topological polar surface area (TPSA) is 32.8 Å². The van der Waals surface area contributed by atoms with Gasteiger partial charge < -0.3 is 9.64 Å². The minimum absolute atomic E-state index is 0.371. The second kappa shape index (κ2) is 4.94. The van der Waals surface area contributed by atoms with E-state index in [-0.39, 0.29) is 0 Å². The van der Waals surface area contributed by atoms with Crippen molar-refractivity contribution in [3.63, 3.8) is 0 Å². The van der Waals surface area contributed by atoms with Gasteiger partial charge >= 0.3 is 0 Å². The number of nitrogens with zero attached hydrogens (tertiary/aromatic N) is 2. The SMILES string of the molecule is COCCN1CCN(C(=O)C2CC2)CC1. The molecule has 1 aliphatic carbocycles. The van der Waals surface area contributed by atoms with Crippen LogP contribution < -0.4 is 0 Å². The first-order valence-electron chi connectivity index (χ1n) is 5.81. The maximum Gasteiger partial charge on any atom is 0.225 e. The van der Waals surface area contributed by atoms with Gasteiger partial charge in [-0.3, -0.25) is 9.69 Å². The maximum atomic E-state index is 11.8. The predicted octanol–water partition coefficient (Wildman–Crippen LogP) is 0.187. The molecule has 1 heterocycles. The van der Waals surface area contributed by atoms with Crippen LogP contribution in [0.15, 0.2) is 0 Å². The molecule has 1 saturated heterocycles. The number of piperazine rings is 1. The molecule has 0 aromatic rings. The molecule has 86 valence electrons. The van der Waals surface area contributed by atoms with E-state index in [1.165, 1.54) is 0 Å². The summed E-state index contributed by atoms with van der Waals surface area (Å²) in [6.07, 6.45) is 2.23. The largest absolute Gasteiger partial charge is 0.383 e. The molecule has 1 saturated carbocycles. The van der Waals surface area contributed by atoms with E-state index in [1.807, 2.05) is 4.90 Å². The molecule has 0 atom stereocenters. The summed E-state index contributed by atoms with van der Waals surface area (Å²) in [6.45, 7) is 5.58. The summed E-state index contributed by atoms with van der Waals surface area (Å²) in [7, 11) is 1.73. The van der Waals surface area contributed by atoms with Gasteiger partial charge in [0.05, 0.1) is 6.61 Å². The Morgan fingerprint density at radius 2 is 1.93 bits per heavy atom. The van der Waals surface area contributed by atoms with Gasteiger partial charge in [-0.2, -0.15) is 0 Å². The normalized spacial score (nSPS) is 23.1. The van der Waals surface area contributed by atoms with E-state index >= 15 is 0 Å². The highest BCUT2D eigenvalue weighted by Crippen LogP contribution is 2.31. The van der Waals surface area contributed by atoms with Crippen molar-refractivity contribution in [2.75, 3.05) is 46.4 Å². The third-order valence-electron chi connectivity index (χ3n) is 3.22. The van der Waals surface area contributed by atoms with Crippen LogP contribution in [0, 0.1) is 5.92 Å². The predicted molar refractivity (Wildman–Crippen MR) is 57.6 cm³/mol. The van der Waals surface area contributed by atoms with Crippen LogP contribution in [0.5, 0.6) is 0 Å². The molecular weight excluding hydrogens is 192 g/mol. The highest BCUT2D eigenvalue weighted by atomic mass is 16.5. The van der Waals surface area contributed by atoms with Crippen molar-refractivity contribution in [1.29, 1.82) is 0 Å². The summed E-state index contributed by atoms with van der Waals surface area (Å²) in [5, 5.41) is 0. The molecule has 0 radical (unpaired) electrons. The van der Waals surface area contributed by atoms with Crippen molar-refractivity contribution < 1.29 is 9.53 Å². The molecule has 1 amide bonds. The molecule has 2 fully saturated rings. The lowest BCUT2D eigenvalue weighted by molar-refractivity contribution is -0.134. The molecule has 15 heavy (non-hydrogen) atoms. The third kappa shape index (κ3) is 2.92. The molecular formula is C11H20N2O2. The smallest absolute Gasteiger partial charge is 0.225 e. The number of carbonyl (C=O) groups is 1. The van der Waals surface area contributed by atoms with Crippen LogP contribution in [0.3, 0.4) is 0 Å². The van der Waals surface area contributed by atoms with Gasteiger partial charge in [-0.25, -0.2) is 0 Å². The van der Waals surface area contributed by atoms with E-state index in [9.17, 15) is 4.79 Å². The van der Waals surface area contributed by atoms with Gasteiger partial charge in [-0.05, 0) is 12.8 Å². The van der Waals surface area contributed by atoms with Gasteiger partial charge in [0, 0.05) is 45.8 Å². The first-order chi connectivity index (χ1) is 7.31. The molecule has 0 unspecified atom stereocenters. The lowest BCUT2D eigenvalue weighted by Gasteiger charge is -2.34. The van der Waals surface area contributed by atoms with Gasteiger partial charge in [-0.1, -0.05) is 0 Å². The zero-order valence-electron chi connectivity index (χ0n) is 9.45. The summed E-state index contributed by atoms with van der Waals surface area (Å²) in [6, 6.07) is 0. The van der Waals surface area contributed by atoms with E-state index in [2.05, 4.69) is 4.90 Å². The molecule has 0 N–H and O–H groups in total. The number of hydrogen-bond donors (Lipinski definition) is 0. The van der Waals surface area contributed by atoms with Crippen LogP contribution in [-0.2, 0) is 9.53 Å². The summed E-state index contributed by atoms with van der Waals surface area (Å²) < 4.78 is 5.04. The van der Waals surface area contributed by atoms with E-state index in [1.54, 1.807) is 7.11 Å². The Labute approximate surface area is 91.2 Å². The van der Waals surface area contributed by atoms with Crippen LogP contribution in [0.2, 0.25) is 0 Å². The Balaban J connectivity index is 1.69. The van der Waals surface area contributed by atoms with Crippen LogP contribution in [0.4, 0.5) is 0 Å². The van der Waals surface area contributed by atoms with Gasteiger partial charge in [0.15, 0.2) is 0 Å². The minimum Gasteiger partial charge on any atom is -0.383 e. The van der Waals surface area contributed by atoms with Gasteiger partial charge in [-0.15, -0.1) is 0 Å². The van der Waals surface area contributed by atoms with E-state index in [0.29, 0.717) is 11.8 Å². The molecule has 0 aromatic carbocycles. The fourth-order valence-electron chi connectivity index (χ4n) is 2.00. The number of hydrogen-bond acceptors (Lipinski definition) is 3. The quantitative estimate of drug-likeness (QED) is 0.667. The van der Waals surface area contributed by atoms with Gasteiger partial charge in [0.25, 0.3) is 0 Å². The van der Waals surface area contributed by atoms with Crippen molar-refractivity contribution in [2.24, 2.45) is 5.92 Å². The van der Waals surface area contributed by atoms with Crippen molar-refractivity contribution >= 4 is 5.91 Å². The third-order valence-corrected chi connectivity index (χ3v) is 3.22. The molecule has 1 aliphatic heterocycles. The van der Waals surface area contributed by atoms with Crippen LogP contribution >= 0.6 is 0 Å². The Morgan fingerprint density at radius 3 is 2.47 bits per heavy atom. The fraction of sp³-hybridized carbons (Fsp3) is 0.909. The fourth-order valence-corrected chi connectivity index (χ4v) is 2.00. The maximum absolute atomic E-state index is 11.8. The molecule has 0 bridgehead atoms. The summed E-state index contributed by atoms with van der Waals surface area (Å²) in [5.74, 6) is 0.761. The highest BCUT2D eigenvalue weighted by Gasteiger charge is 2.34. The molecule has 4 nitrogen and oxygen atoms in total. The minimum atomic E-state index is 0.371. The zero-order chi connectivity index (χ0) is 10.7. The first-order valence-corrected chi connectivity index (χ1v) is 5.81. The van der Waals surface area contributed by atoms with E-state index < -0.39 is 0 Å². The first kappa shape index (κ1) is 10.9. The number of ether oxygens (including phenoxy) is 1. The number of rotatable bonds is 4. The average molecular weight is 212 g/mol. The van der Waals surface area contributed by atoms with Crippen molar-refractivity contribution in [2.45, 2.75) is 12.8 Å². The van der Waals surface area contributed by atoms with Gasteiger partial charge in [0.2, 0.25) is 5.91 Å². The van der Waals surface area contributed by atoms with E-state index in [4.69, 9.17) is 4.74 Å². The Kier molecular flexibility index (Phi) is 3.59. The van der Waals surface area contributed by atoms with Gasteiger partial charge in [0.1, 0.15) is 0 Å². The summed E-state index contributed by atoms with van der Waals surface area (Å²) in [5.41, 5.74) is 0. The summed E-state index contributed by atoms with van der Waals surface area (Å²) >= 11 is 0. The molecule has 2 rings (SSSR count). The Hall–Kier alpha value is -0.610. The monoisotopic (exact) mass is 212 g/mol. The number of amides is 1. The highest BCUT2D eigenvalue weighted by molar-refractivity contribution is 5.81. The average Bonchev–Trinajstić information content (AvgIpc) is 3.10. The molecule has 4 heteroatoms. The second-order valence-electron chi connectivity index (χ2n) is 4.43. The lowest BCUT2D eigenvalue weighted by atomic mass is 10.2. The van der Waals surface area contributed by atoms with Crippen LogP contribution in [0.25, 0.3) is 0 Å². The van der Waals surface area contributed by atoms with Crippen LogP contribution in [0.1, 0.15) is 12.8 Å². The molecule has 2 aliphatic rings. The van der Waals surface area contributed by atoms with E-state index in [0.717, 1.165) is 52.2 Å². The van der Waals surface area contributed by atoms with Crippen LogP contribution in [-0.4, -0.2) is 62.1 Å². The lowest BCUT2D eigenvalue weighted by Crippen LogP contribution is -2.49. The zero-order valence-corrected chi connectivity index (χ0v) is 9.45.